The second kappa shape index (κ2) is 8.40. The zero-order chi connectivity index (χ0) is 24.8. The highest BCUT2D eigenvalue weighted by molar-refractivity contribution is 6.30. The molecule has 0 spiro atoms. The lowest BCUT2D eigenvalue weighted by molar-refractivity contribution is -0.141. The van der Waals surface area contributed by atoms with Crippen LogP contribution in [0.5, 0.6) is 11.5 Å². The molecule has 2 bridgehead atoms. The second-order valence-electron chi connectivity index (χ2n) is 8.93. The smallest absolute Gasteiger partial charge is 0.433 e. The van der Waals surface area contributed by atoms with E-state index in [0.29, 0.717) is 5.69 Å². The lowest BCUT2D eigenvalue weighted by atomic mass is 9.39. The van der Waals surface area contributed by atoms with E-state index < -0.39 is 17.7 Å². The van der Waals surface area contributed by atoms with Crippen molar-refractivity contribution < 1.29 is 31.8 Å². The van der Waals surface area contributed by atoms with Crippen LogP contribution >= 0.6 is 11.6 Å². The van der Waals surface area contributed by atoms with Crippen LogP contribution in [-0.4, -0.2) is 33.0 Å². The predicted molar refractivity (Wildman–Crippen MR) is 115 cm³/mol. The number of carbonyl (C=O) groups is 1. The van der Waals surface area contributed by atoms with Crippen molar-refractivity contribution in [2.24, 2.45) is 0 Å². The summed E-state index contributed by atoms with van der Waals surface area (Å²) < 4.78 is 62.1. The lowest BCUT2D eigenvalue weighted by Gasteiger charge is -2.69. The fourth-order valence-corrected chi connectivity index (χ4v) is 4.83. The molecule has 0 aliphatic heterocycles. The third kappa shape index (κ3) is 4.64. The molecule has 6 rings (SSSR count). The van der Waals surface area contributed by atoms with Gasteiger partial charge in [-0.15, -0.1) is 0 Å². The van der Waals surface area contributed by atoms with Crippen molar-refractivity contribution in [3.8, 4) is 11.5 Å². The van der Waals surface area contributed by atoms with Gasteiger partial charge in [-0.25, -0.2) is 14.4 Å². The third-order valence-electron chi connectivity index (χ3n) is 6.25. The summed E-state index contributed by atoms with van der Waals surface area (Å²) in [7, 11) is 0. The normalized spacial score (nSPS) is 22.7. The van der Waals surface area contributed by atoms with E-state index in [1.807, 2.05) is 0 Å². The molecular weight excluding hydrogens is 492 g/mol. The molecule has 2 N–H and O–H groups in total. The van der Waals surface area contributed by atoms with Gasteiger partial charge in [0.05, 0.1) is 23.1 Å². The number of aromatic nitrogens is 3. The minimum atomic E-state index is -4.50. The summed E-state index contributed by atoms with van der Waals surface area (Å²) in [6.07, 6.45) is 0.311. The molecule has 184 valence electrons. The van der Waals surface area contributed by atoms with E-state index >= 15 is 0 Å². The lowest BCUT2D eigenvalue weighted by Crippen LogP contribution is -2.77. The fraction of sp³-hybridized carbons (Fsp3) is 0.348. The van der Waals surface area contributed by atoms with Gasteiger partial charge in [-0.05, 0) is 43.5 Å². The Morgan fingerprint density at radius 1 is 1.09 bits per heavy atom. The first kappa shape index (κ1) is 23.4. The number of nitrogens with one attached hydrogen (secondary N) is 2. The molecule has 2 heterocycles. The number of benzene rings is 1. The van der Waals surface area contributed by atoms with Crippen LogP contribution in [0.1, 0.15) is 36.5 Å². The maximum absolute atomic E-state index is 13.5. The molecule has 3 aliphatic carbocycles. The quantitative estimate of drug-likeness (QED) is 0.434. The first-order valence-corrected chi connectivity index (χ1v) is 11.0. The van der Waals surface area contributed by atoms with Crippen LogP contribution < -0.4 is 14.8 Å². The number of amides is 1. The SMILES string of the molecule is O=C(COc1ccc(Cl)c(F)c1)NC12CC(c3ncc(COc4ccc(C(F)(F)F)nc4)[nH]3)(C1)C2. The number of hydrogen-bond acceptors (Lipinski definition) is 5. The summed E-state index contributed by atoms with van der Waals surface area (Å²) in [5.41, 5.74) is -0.766. The topological polar surface area (TPSA) is 89.1 Å². The van der Waals surface area contributed by atoms with Crippen LogP contribution in [0.15, 0.2) is 42.7 Å². The summed E-state index contributed by atoms with van der Waals surface area (Å²) in [6.45, 7) is -0.141. The molecule has 0 atom stereocenters. The summed E-state index contributed by atoms with van der Waals surface area (Å²) >= 11 is 5.63. The summed E-state index contributed by atoms with van der Waals surface area (Å²) in [5, 5.41) is 2.96. The Balaban J connectivity index is 1.09. The Morgan fingerprint density at radius 2 is 1.83 bits per heavy atom. The van der Waals surface area contributed by atoms with Crippen molar-refractivity contribution in [3.63, 3.8) is 0 Å². The number of hydrogen-bond donors (Lipinski definition) is 2. The second-order valence-corrected chi connectivity index (χ2v) is 9.33. The molecule has 3 saturated carbocycles. The third-order valence-corrected chi connectivity index (χ3v) is 6.55. The molecule has 0 unspecified atom stereocenters. The van der Waals surface area contributed by atoms with Crippen molar-refractivity contribution >= 4 is 17.5 Å². The molecule has 3 aliphatic rings. The van der Waals surface area contributed by atoms with E-state index in [0.717, 1.165) is 43.4 Å². The Morgan fingerprint density at radius 3 is 2.49 bits per heavy atom. The predicted octanol–water partition coefficient (Wildman–Crippen LogP) is 4.56. The van der Waals surface area contributed by atoms with Crippen LogP contribution in [-0.2, 0) is 23.0 Å². The number of nitrogens with zero attached hydrogens (tertiary/aromatic N) is 2. The van der Waals surface area contributed by atoms with Gasteiger partial charge in [0.2, 0.25) is 0 Å². The van der Waals surface area contributed by atoms with Crippen LogP contribution in [0, 0.1) is 5.82 Å². The number of pyridine rings is 1. The van der Waals surface area contributed by atoms with Crippen LogP contribution in [0.25, 0.3) is 0 Å². The standard InChI is InChI=1S/C23H19ClF4N4O3/c24-16-3-1-14(5-17(16)25)35-9-19(33)32-22-10-21(11-22,12-22)20-30-6-13(31-20)8-34-15-2-4-18(29-7-15)23(26,27)28/h1-7H,8-12H2,(H,30,31)(H,32,33). The summed E-state index contributed by atoms with van der Waals surface area (Å²) in [5.74, 6) is 0.293. The number of aromatic amines is 1. The van der Waals surface area contributed by atoms with Crippen molar-refractivity contribution in [2.75, 3.05) is 6.61 Å². The molecule has 0 radical (unpaired) electrons. The molecule has 1 aromatic carbocycles. The van der Waals surface area contributed by atoms with Crippen LogP contribution in [0.4, 0.5) is 17.6 Å². The zero-order valence-electron chi connectivity index (χ0n) is 18.1. The molecule has 3 fully saturated rings. The van der Waals surface area contributed by atoms with E-state index in [4.69, 9.17) is 21.1 Å². The van der Waals surface area contributed by atoms with E-state index in [9.17, 15) is 22.4 Å². The highest BCUT2D eigenvalue weighted by Crippen LogP contribution is 2.67. The van der Waals surface area contributed by atoms with Gasteiger partial charge in [0.15, 0.2) is 6.61 Å². The van der Waals surface area contributed by atoms with Crippen LogP contribution in [0.2, 0.25) is 5.02 Å². The Bertz CT molecular complexity index is 1240. The van der Waals surface area contributed by atoms with E-state index in [-0.39, 0.29) is 46.6 Å². The summed E-state index contributed by atoms with van der Waals surface area (Å²) in [6, 6.07) is 6.05. The Hall–Kier alpha value is -3.34. The minimum absolute atomic E-state index is 0.0230. The molecule has 1 amide bonds. The number of rotatable bonds is 8. The number of ether oxygens (including phenoxy) is 2. The average Bonchev–Trinajstić information content (AvgIpc) is 3.23. The van der Waals surface area contributed by atoms with Gasteiger partial charge in [-0.1, -0.05) is 11.6 Å². The Kier molecular flexibility index (Phi) is 5.62. The van der Waals surface area contributed by atoms with E-state index in [2.05, 4.69) is 20.3 Å². The highest BCUT2D eigenvalue weighted by atomic mass is 35.5. The Labute approximate surface area is 201 Å². The van der Waals surface area contributed by atoms with Gasteiger partial charge in [-0.2, -0.15) is 13.2 Å². The molecule has 2 aromatic heterocycles. The maximum atomic E-state index is 13.5. The van der Waals surface area contributed by atoms with Crippen molar-refractivity contribution in [3.05, 3.63) is 70.8 Å². The first-order valence-electron chi connectivity index (χ1n) is 10.7. The monoisotopic (exact) mass is 510 g/mol. The fourth-order valence-electron chi connectivity index (χ4n) is 4.72. The maximum Gasteiger partial charge on any atom is 0.433 e. The van der Waals surface area contributed by atoms with Crippen molar-refractivity contribution in [1.82, 2.24) is 20.3 Å². The number of alkyl halides is 3. The van der Waals surface area contributed by atoms with Gasteiger partial charge in [0, 0.05) is 17.0 Å². The number of imidazole rings is 1. The highest BCUT2D eigenvalue weighted by Gasteiger charge is 2.70. The van der Waals surface area contributed by atoms with Gasteiger partial charge in [0.25, 0.3) is 5.91 Å². The van der Waals surface area contributed by atoms with Crippen LogP contribution in [0.3, 0.4) is 0 Å². The zero-order valence-corrected chi connectivity index (χ0v) is 18.8. The molecule has 0 saturated heterocycles. The number of H-pyrrole nitrogens is 1. The molecule has 12 heteroatoms. The van der Waals surface area contributed by atoms with Crippen molar-refractivity contribution in [1.29, 1.82) is 0 Å². The number of carbonyl (C=O) groups excluding carboxylic acids is 1. The largest absolute Gasteiger partial charge is 0.486 e. The van der Waals surface area contributed by atoms with Crippen molar-refractivity contribution in [2.45, 2.75) is 43.0 Å². The molecule has 35 heavy (non-hydrogen) atoms. The van der Waals surface area contributed by atoms with Gasteiger partial charge in [-0.3, -0.25) is 4.79 Å². The molecule has 3 aromatic rings. The van der Waals surface area contributed by atoms with Gasteiger partial charge in [0.1, 0.15) is 35.4 Å². The van der Waals surface area contributed by atoms with Gasteiger partial charge >= 0.3 is 6.18 Å². The first-order chi connectivity index (χ1) is 16.6. The minimum Gasteiger partial charge on any atom is -0.486 e. The molecule has 7 nitrogen and oxygen atoms in total. The van der Waals surface area contributed by atoms with Gasteiger partial charge < -0.3 is 19.8 Å². The average molecular weight is 511 g/mol. The summed E-state index contributed by atoms with van der Waals surface area (Å²) in [4.78, 5) is 23.3. The van der Waals surface area contributed by atoms with E-state index in [1.54, 1.807) is 6.20 Å². The molecular formula is C23H19ClF4N4O3. The number of halogens is 5. The van der Waals surface area contributed by atoms with E-state index in [1.165, 1.54) is 18.2 Å².